The molecule has 0 aliphatic heterocycles. The Kier molecular flexibility index (Phi) is 10.9. The second-order valence-electron chi connectivity index (χ2n) is 6.27. The monoisotopic (exact) mass is 365 g/mol. The fourth-order valence-corrected chi connectivity index (χ4v) is 2.54. The Labute approximate surface area is 155 Å². The highest BCUT2D eigenvalue weighted by Crippen LogP contribution is 2.28. The number of aliphatic carboxylic acids is 1. The normalized spacial score (nSPS) is 10.4. The van der Waals surface area contributed by atoms with Gasteiger partial charge in [0.15, 0.2) is 11.5 Å². The van der Waals surface area contributed by atoms with Gasteiger partial charge in [0.25, 0.3) is 0 Å². The summed E-state index contributed by atoms with van der Waals surface area (Å²) in [6.45, 7) is 2.71. The Bertz CT molecular complexity index is 559. The maximum Gasteiger partial charge on any atom is 0.306 e. The molecule has 1 rings (SSSR count). The molecule has 6 heteroatoms. The van der Waals surface area contributed by atoms with E-state index in [-0.39, 0.29) is 18.9 Å². The molecule has 0 aliphatic carbocycles. The molecule has 1 aromatic carbocycles. The van der Waals surface area contributed by atoms with Gasteiger partial charge in [0.05, 0.1) is 20.1 Å². The van der Waals surface area contributed by atoms with Crippen LogP contribution in [0.5, 0.6) is 11.5 Å². The van der Waals surface area contributed by atoms with Gasteiger partial charge in [0.2, 0.25) is 5.91 Å². The molecule has 1 aromatic rings. The Morgan fingerprint density at radius 3 is 2.46 bits per heavy atom. The van der Waals surface area contributed by atoms with Crippen molar-refractivity contribution in [2.45, 2.75) is 64.8 Å². The lowest BCUT2D eigenvalue weighted by atomic mass is 10.1. The van der Waals surface area contributed by atoms with Gasteiger partial charge in [-0.25, -0.2) is 0 Å². The van der Waals surface area contributed by atoms with Crippen molar-refractivity contribution in [1.82, 2.24) is 5.32 Å². The van der Waals surface area contributed by atoms with Crippen molar-refractivity contribution < 1.29 is 24.2 Å². The smallest absolute Gasteiger partial charge is 0.306 e. The summed E-state index contributed by atoms with van der Waals surface area (Å²) >= 11 is 0. The fraction of sp³-hybridized carbons (Fsp3) is 0.600. The number of carbonyl (C=O) groups is 2. The van der Waals surface area contributed by atoms with Gasteiger partial charge >= 0.3 is 5.97 Å². The topological polar surface area (TPSA) is 84.9 Å². The molecule has 0 aliphatic rings. The first-order valence-electron chi connectivity index (χ1n) is 9.35. The molecule has 0 aromatic heterocycles. The molecule has 26 heavy (non-hydrogen) atoms. The zero-order valence-corrected chi connectivity index (χ0v) is 15.9. The van der Waals surface area contributed by atoms with Gasteiger partial charge < -0.3 is 19.9 Å². The van der Waals surface area contributed by atoms with Crippen LogP contribution in [0.1, 0.15) is 63.9 Å². The highest BCUT2D eigenvalue weighted by atomic mass is 16.5. The number of methoxy groups -OCH3 is 1. The molecular weight excluding hydrogens is 334 g/mol. The number of rotatable bonds is 14. The number of hydrogen-bond donors (Lipinski definition) is 2. The lowest BCUT2D eigenvalue weighted by Crippen LogP contribution is -2.22. The maximum atomic E-state index is 11.9. The number of carboxylic acid groups (broad SMARTS) is 1. The third-order valence-electron chi connectivity index (χ3n) is 4.05. The van der Waals surface area contributed by atoms with Crippen molar-refractivity contribution in [1.29, 1.82) is 0 Å². The molecule has 0 heterocycles. The molecule has 0 fully saturated rings. The molecular formula is C20H31NO5. The van der Waals surface area contributed by atoms with E-state index in [0.29, 0.717) is 24.5 Å². The SMILES string of the molecule is CCCCCCCCC(=O)NCc1ccc(OCCC(=O)O)c(OC)c1. The van der Waals surface area contributed by atoms with Gasteiger partial charge in [-0.3, -0.25) is 9.59 Å². The van der Waals surface area contributed by atoms with Gasteiger partial charge in [-0.2, -0.15) is 0 Å². The van der Waals surface area contributed by atoms with E-state index in [1.165, 1.54) is 32.8 Å². The van der Waals surface area contributed by atoms with E-state index in [1.54, 1.807) is 12.1 Å². The summed E-state index contributed by atoms with van der Waals surface area (Å²) in [5, 5.41) is 11.6. The number of ether oxygens (including phenoxy) is 2. The lowest BCUT2D eigenvalue weighted by molar-refractivity contribution is -0.137. The van der Waals surface area contributed by atoms with E-state index in [1.807, 2.05) is 6.07 Å². The zero-order chi connectivity index (χ0) is 19.2. The van der Waals surface area contributed by atoms with E-state index in [2.05, 4.69) is 12.2 Å². The summed E-state index contributed by atoms with van der Waals surface area (Å²) in [4.78, 5) is 22.4. The fourth-order valence-electron chi connectivity index (χ4n) is 2.54. The summed E-state index contributed by atoms with van der Waals surface area (Å²) < 4.78 is 10.7. The molecule has 0 radical (unpaired) electrons. The first kappa shape index (κ1) is 21.8. The highest BCUT2D eigenvalue weighted by molar-refractivity contribution is 5.75. The van der Waals surface area contributed by atoms with Crippen molar-refractivity contribution in [3.63, 3.8) is 0 Å². The van der Waals surface area contributed by atoms with Crippen molar-refractivity contribution in [3.05, 3.63) is 23.8 Å². The summed E-state index contributed by atoms with van der Waals surface area (Å²) in [6.07, 6.45) is 7.45. The van der Waals surface area contributed by atoms with Crippen LogP contribution in [0, 0.1) is 0 Å². The number of carbonyl (C=O) groups excluding carboxylic acids is 1. The van der Waals surface area contributed by atoms with E-state index < -0.39 is 5.97 Å². The zero-order valence-electron chi connectivity index (χ0n) is 15.9. The number of benzene rings is 1. The van der Waals surface area contributed by atoms with Gasteiger partial charge in [-0.15, -0.1) is 0 Å². The van der Waals surface area contributed by atoms with Crippen LogP contribution < -0.4 is 14.8 Å². The van der Waals surface area contributed by atoms with E-state index >= 15 is 0 Å². The molecule has 0 bridgehead atoms. The molecule has 2 N–H and O–H groups in total. The quantitative estimate of drug-likeness (QED) is 0.488. The van der Waals surface area contributed by atoms with Gasteiger partial charge in [0, 0.05) is 13.0 Å². The van der Waals surface area contributed by atoms with E-state index in [0.717, 1.165) is 18.4 Å². The van der Waals surface area contributed by atoms with Crippen molar-refractivity contribution in [2.75, 3.05) is 13.7 Å². The molecule has 146 valence electrons. The van der Waals surface area contributed by atoms with Gasteiger partial charge in [-0.1, -0.05) is 45.1 Å². The Hall–Kier alpha value is -2.24. The Morgan fingerprint density at radius 2 is 1.77 bits per heavy atom. The summed E-state index contributed by atoms with van der Waals surface area (Å²) in [6, 6.07) is 5.36. The number of hydrogen-bond acceptors (Lipinski definition) is 4. The van der Waals surface area contributed by atoms with Crippen LogP contribution in [0.25, 0.3) is 0 Å². The number of amides is 1. The van der Waals surface area contributed by atoms with Crippen LogP contribution in [0.3, 0.4) is 0 Å². The number of unbranched alkanes of at least 4 members (excludes halogenated alkanes) is 5. The van der Waals surface area contributed by atoms with Crippen LogP contribution in [0.2, 0.25) is 0 Å². The minimum atomic E-state index is -0.909. The average Bonchev–Trinajstić information content (AvgIpc) is 2.63. The van der Waals surface area contributed by atoms with Crippen LogP contribution in [0.15, 0.2) is 18.2 Å². The minimum absolute atomic E-state index is 0.0567. The molecule has 1 amide bonds. The summed E-state index contributed by atoms with van der Waals surface area (Å²) in [5.74, 6) is 0.170. The van der Waals surface area contributed by atoms with E-state index in [4.69, 9.17) is 14.6 Å². The summed E-state index contributed by atoms with van der Waals surface area (Å²) in [5.41, 5.74) is 0.906. The first-order chi connectivity index (χ1) is 12.6. The van der Waals surface area contributed by atoms with Crippen molar-refractivity contribution in [3.8, 4) is 11.5 Å². The molecule has 0 saturated heterocycles. The lowest BCUT2D eigenvalue weighted by Gasteiger charge is -2.12. The number of carboxylic acids is 1. The Morgan fingerprint density at radius 1 is 1.04 bits per heavy atom. The van der Waals surface area contributed by atoms with Crippen molar-refractivity contribution in [2.24, 2.45) is 0 Å². The summed E-state index contributed by atoms with van der Waals surface area (Å²) in [7, 11) is 1.53. The van der Waals surface area contributed by atoms with Crippen LogP contribution in [-0.4, -0.2) is 30.7 Å². The highest BCUT2D eigenvalue weighted by Gasteiger charge is 2.08. The number of nitrogens with one attached hydrogen (secondary N) is 1. The predicted octanol–water partition coefficient (Wildman–Crippen LogP) is 3.92. The van der Waals surface area contributed by atoms with Crippen LogP contribution in [-0.2, 0) is 16.1 Å². The Balaban J connectivity index is 2.35. The molecule has 0 unspecified atom stereocenters. The predicted molar refractivity (Wildman–Crippen MR) is 101 cm³/mol. The van der Waals surface area contributed by atoms with Crippen LogP contribution >= 0.6 is 0 Å². The first-order valence-corrected chi connectivity index (χ1v) is 9.35. The third kappa shape index (κ3) is 9.30. The van der Waals surface area contributed by atoms with E-state index in [9.17, 15) is 9.59 Å². The minimum Gasteiger partial charge on any atom is -0.493 e. The average molecular weight is 365 g/mol. The van der Waals surface area contributed by atoms with Crippen LogP contribution in [0.4, 0.5) is 0 Å². The maximum absolute atomic E-state index is 11.9. The second kappa shape index (κ2) is 13.0. The third-order valence-corrected chi connectivity index (χ3v) is 4.05. The van der Waals surface area contributed by atoms with Gasteiger partial charge in [0.1, 0.15) is 0 Å². The van der Waals surface area contributed by atoms with Gasteiger partial charge in [-0.05, 0) is 24.1 Å². The molecule has 0 saturated carbocycles. The second-order valence-corrected chi connectivity index (χ2v) is 6.27. The molecule has 6 nitrogen and oxygen atoms in total. The standard InChI is InChI=1S/C20H31NO5/c1-3-4-5-6-7-8-9-19(22)21-15-16-10-11-17(18(14-16)25-2)26-13-12-20(23)24/h10-11,14H,3-9,12-13,15H2,1-2H3,(H,21,22)(H,23,24). The largest absolute Gasteiger partial charge is 0.493 e. The molecule has 0 spiro atoms. The molecule has 0 atom stereocenters. The van der Waals surface area contributed by atoms with Crippen molar-refractivity contribution >= 4 is 11.9 Å².